The van der Waals surface area contributed by atoms with Crippen molar-refractivity contribution < 1.29 is 14.3 Å². The largest absolute Gasteiger partial charge is 0.468 e. The normalized spacial score (nSPS) is 10.4. The lowest BCUT2D eigenvalue weighted by molar-refractivity contribution is 0.258. The Morgan fingerprint density at radius 1 is 1.50 bits per heavy atom. The predicted molar refractivity (Wildman–Crippen MR) is 58.2 cm³/mol. The molecule has 2 heterocycles. The summed E-state index contributed by atoms with van der Waals surface area (Å²) < 4.78 is 10.5. The smallest absolute Gasteiger partial charge is 0.233 e. The number of halogens is 1. The molecule has 4 nitrogen and oxygen atoms in total. The van der Waals surface area contributed by atoms with Crippen LogP contribution in [0.25, 0.3) is 0 Å². The molecule has 0 aliphatic heterocycles. The van der Waals surface area contributed by atoms with Gasteiger partial charge in [-0.3, -0.25) is 0 Å². The highest BCUT2D eigenvalue weighted by molar-refractivity contribution is 6.31. The number of rotatable bonds is 4. The number of hydrogen-bond acceptors (Lipinski definition) is 4. The Hall–Kier alpha value is -1.52. The van der Waals surface area contributed by atoms with E-state index >= 15 is 0 Å². The van der Waals surface area contributed by atoms with Gasteiger partial charge in [-0.25, -0.2) is 4.98 Å². The van der Waals surface area contributed by atoms with Gasteiger partial charge in [0.25, 0.3) is 0 Å². The first-order valence-electron chi connectivity index (χ1n) is 4.70. The average Bonchev–Trinajstić information content (AvgIpc) is 2.80. The first-order valence-corrected chi connectivity index (χ1v) is 5.08. The fourth-order valence-electron chi connectivity index (χ4n) is 1.19. The van der Waals surface area contributed by atoms with Gasteiger partial charge in [-0.2, -0.15) is 0 Å². The maximum Gasteiger partial charge on any atom is 0.233 e. The topological polar surface area (TPSA) is 55.5 Å². The summed E-state index contributed by atoms with van der Waals surface area (Å²) in [5.41, 5.74) is 0.648. The van der Waals surface area contributed by atoms with E-state index < -0.39 is 0 Å². The minimum Gasteiger partial charge on any atom is -0.468 e. The summed E-state index contributed by atoms with van der Waals surface area (Å²) in [4.78, 5) is 3.99. The number of furan rings is 1. The highest BCUT2D eigenvalue weighted by Crippen LogP contribution is 2.23. The van der Waals surface area contributed by atoms with Crippen molar-refractivity contribution in [3.8, 4) is 5.88 Å². The van der Waals surface area contributed by atoms with E-state index in [1.54, 1.807) is 24.5 Å². The Morgan fingerprint density at radius 2 is 2.38 bits per heavy atom. The number of aromatic nitrogens is 1. The summed E-state index contributed by atoms with van der Waals surface area (Å²) in [6, 6.07) is 5.20. The minimum atomic E-state index is -0.0921. The van der Waals surface area contributed by atoms with E-state index in [1.165, 1.54) is 6.20 Å². The maximum absolute atomic E-state index is 8.88. The van der Waals surface area contributed by atoms with Crippen molar-refractivity contribution in [1.29, 1.82) is 0 Å². The van der Waals surface area contributed by atoms with Gasteiger partial charge in [0, 0.05) is 6.20 Å². The van der Waals surface area contributed by atoms with Crippen LogP contribution in [0.1, 0.15) is 11.3 Å². The van der Waals surface area contributed by atoms with E-state index in [9.17, 15) is 0 Å². The van der Waals surface area contributed by atoms with Crippen LogP contribution in [0.4, 0.5) is 0 Å². The summed E-state index contributed by atoms with van der Waals surface area (Å²) >= 11 is 5.92. The Balaban J connectivity index is 2.04. The molecule has 2 aromatic heterocycles. The first-order chi connectivity index (χ1) is 7.79. The van der Waals surface area contributed by atoms with Crippen LogP contribution >= 0.6 is 11.6 Å². The van der Waals surface area contributed by atoms with E-state index in [0.717, 1.165) is 0 Å². The predicted octanol–water partition coefficient (Wildman–Crippen LogP) is 2.40. The number of aliphatic hydroxyl groups excluding tert-OH is 1. The van der Waals surface area contributed by atoms with Gasteiger partial charge in [0.05, 0.1) is 12.9 Å². The minimum absolute atomic E-state index is 0.0921. The molecule has 84 valence electrons. The molecule has 0 spiro atoms. The summed E-state index contributed by atoms with van der Waals surface area (Å²) in [5.74, 6) is 1.03. The van der Waals surface area contributed by atoms with Crippen molar-refractivity contribution in [3.63, 3.8) is 0 Å². The number of aliphatic hydroxyl groups is 1. The number of nitrogens with zero attached hydrogens (tertiary/aromatic N) is 1. The SMILES string of the molecule is OCc1cnc(OCc2ccco2)c(Cl)c1. The number of hydrogen-bond donors (Lipinski definition) is 1. The van der Waals surface area contributed by atoms with Crippen molar-refractivity contribution in [2.75, 3.05) is 0 Å². The van der Waals surface area contributed by atoms with Crippen LogP contribution in [0.2, 0.25) is 5.02 Å². The highest BCUT2D eigenvalue weighted by atomic mass is 35.5. The molecule has 0 radical (unpaired) electrons. The standard InChI is InChI=1S/C11H10ClNO3/c12-10-4-8(6-14)5-13-11(10)16-7-9-2-1-3-15-9/h1-5,14H,6-7H2. The fourth-order valence-corrected chi connectivity index (χ4v) is 1.44. The Labute approximate surface area is 97.4 Å². The van der Waals surface area contributed by atoms with Crippen LogP contribution in [0.3, 0.4) is 0 Å². The second-order valence-corrected chi connectivity index (χ2v) is 3.56. The summed E-state index contributed by atoms with van der Waals surface area (Å²) in [6.45, 7) is 0.184. The van der Waals surface area contributed by atoms with Crippen molar-refractivity contribution >= 4 is 11.6 Å². The lowest BCUT2D eigenvalue weighted by Crippen LogP contribution is -1.97. The van der Waals surface area contributed by atoms with Crippen molar-refractivity contribution in [2.45, 2.75) is 13.2 Å². The Kier molecular flexibility index (Phi) is 3.44. The van der Waals surface area contributed by atoms with Crippen LogP contribution in [0, 0.1) is 0 Å². The van der Waals surface area contributed by atoms with Crippen LogP contribution in [-0.2, 0) is 13.2 Å². The van der Waals surface area contributed by atoms with Gasteiger partial charge in [-0.05, 0) is 23.8 Å². The number of pyridine rings is 1. The van der Waals surface area contributed by atoms with E-state index in [1.807, 2.05) is 0 Å². The van der Waals surface area contributed by atoms with Gasteiger partial charge in [-0.15, -0.1) is 0 Å². The fraction of sp³-hybridized carbons (Fsp3) is 0.182. The van der Waals surface area contributed by atoms with Gasteiger partial charge >= 0.3 is 0 Å². The molecule has 16 heavy (non-hydrogen) atoms. The van der Waals surface area contributed by atoms with Crippen molar-refractivity contribution in [2.24, 2.45) is 0 Å². The monoisotopic (exact) mass is 239 g/mol. The number of ether oxygens (including phenoxy) is 1. The Bertz CT molecular complexity index is 456. The van der Waals surface area contributed by atoms with E-state index in [4.69, 9.17) is 25.9 Å². The van der Waals surface area contributed by atoms with Crippen LogP contribution in [0.15, 0.2) is 35.1 Å². The third-order valence-electron chi connectivity index (χ3n) is 1.98. The van der Waals surface area contributed by atoms with Crippen LogP contribution < -0.4 is 4.74 Å². The van der Waals surface area contributed by atoms with E-state index in [0.29, 0.717) is 22.2 Å². The Morgan fingerprint density at radius 3 is 3.00 bits per heavy atom. The molecule has 5 heteroatoms. The molecular formula is C11H10ClNO3. The second-order valence-electron chi connectivity index (χ2n) is 3.16. The van der Waals surface area contributed by atoms with Gasteiger partial charge in [0.15, 0.2) is 0 Å². The summed E-state index contributed by atoms with van der Waals surface area (Å²) in [7, 11) is 0. The zero-order valence-electron chi connectivity index (χ0n) is 8.39. The average molecular weight is 240 g/mol. The van der Waals surface area contributed by atoms with E-state index in [-0.39, 0.29) is 13.2 Å². The molecule has 2 rings (SSSR count). The van der Waals surface area contributed by atoms with Crippen molar-refractivity contribution in [1.82, 2.24) is 4.98 Å². The molecular weight excluding hydrogens is 230 g/mol. The third-order valence-corrected chi connectivity index (χ3v) is 2.25. The first kappa shape index (κ1) is 11.0. The molecule has 0 saturated carbocycles. The molecule has 2 aromatic rings. The zero-order chi connectivity index (χ0) is 11.4. The quantitative estimate of drug-likeness (QED) is 0.890. The lowest BCUT2D eigenvalue weighted by atomic mass is 10.3. The molecule has 0 unspecified atom stereocenters. The molecule has 0 saturated heterocycles. The maximum atomic E-state index is 8.88. The summed E-state index contributed by atoms with van der Waals surface area (Å²) in [5, 5.41) is 9.25. The molecule has 0 fully saturated rings. The van der Waals surface area contributed by atoms with Gasteiger partial charge < -0.3 is 14.3 Å². The van der Waals surface area contributed by atoms with E-state index in [2.05, 4.69) is 4.98 Å². The molecule has 0 bridgehead atoms. The van der Waals surface area contributed by atoms with Gasteiger partial charge in [0.1, 0.15) is 17.4 Å². The van der Waals surface area contributed by atoms with Crippen LogP contribution in [0.5, 0.6) is 5.88 Å². The van der Waals surface area contributed by atoms with Gasteiger partial charge in [-0.1, -0.05) is 11.6 Å². The molecule has 0 atom stereocenters. The molecule has 0 aliphatic rings. The second kappa shape index (κ2) is 5.01. The van der Waals surface area contributed by atoms with Crippen LogP contribution in [-0.4, -0.2) is 10.1 Å². The highest BCUT2D eigenvalue weighted by Gasteiger charge is 2.05. The zero-order valence-corrected chi connectivity index (χ0v) is 9.15. The molecule has 1 N–H and O–H groups in total. The molecule has 0 amide bonds. The molecule has 0 aliphatic carbocycles. The molecule has 0 aromatic carbocycles. The lowest BCUT2D eigenvalue weighted by Gasteiger charge is -2.05. The third kappa shape index (κ3) is 2.53. The summed E-state index contributed by atoms with van der Waals surface area (Å²) in [6.07, 6.45) is 3.09. The van der Waals surface area contributed by atoms with Crippen molar-refractivity contribution in [3.05, 3.63) is 47.0 Å². The van der Waals surface area contributed by atoms with Gasteiger partial charge in [0.2, 0.25) is 5.88 Å².